The SMILES string of the molecule is CCS(=O)(=O)NC(=O)CCc1cc(C)n(Cc2cc(Cl)ccc2OCc2ccc(Cl)cc2)n1. The Bertz CT molecular complexity index is 1230. The van der Waals surface area contributed by atoms with Gasteiger partial charge in [0.25, 0.3) is 0 Å². The summed E-state index contributed by atoms with van der Waals surface area (Å²) in [6, 6.07) is 14.8. The highest BCUT2D eigenvalue weighted by Crippen LogP contribution is 2.25. The fourth-order valence-corrected chi connectivity index (χ4v) is 4.03. The number of ether oxygens (including phenoxy) is 1. The van der Waals surface area contributed by atoms with Gasteiger partial charge in [0.1, 0.15) is 12.4 Å². The van der Waals surface area contributed by atoms with E-state index in [4.69, 9.17) is 27.9 Å². The van der Waals surface area contributed by atoms with Gasteiger partial charge in [-0.2, -0.15) is 5.10 Å². The van der Waals surface area contributed by atoms with Crippen molar-refractivity contribution >= 4 is 39.1 Å². The van der Waals surface area contributed by atoms with Gasteiger partial charge < -0.3 is 4.74 Å². The van der Waals surface area contributed by atoms with Crippen LogP contribution in [0.2, 0.25) is 10.0 Å². The van der Waals surface area contributed by atoms with E-state index in [0.717, 1.165) is 16.8 Å². The standard InChI is InChI=1S/C23H25Cl2N3O4S/c1-3-33(30,31)27-23(29)11-9-21-12-16(2)28(26-21)14-18-13-20(25)8-10-22(18)32-15-17-4-6-19(24)7-5-17/h4-8,10,12-13H,3,9,11,14-15H2,1-2H3,(H,27,29). The average Bonchev–Trinajstić information content (AvgIpc) is 3.12. The molecule has 0 radical (unpaired) electrons. The van der Waals surface area contributed by atoms with Crippen LogP contribution in [-0.2, 0) is 34.4 Å². The van der Waals surface area contributed by atoms with Crippen molar-refractivity contribution in [1.82, 2.24) is 14.5 Å². The highest BCUT2D eigenvalue weighted by molar-refractivity contribution is 7.90. The lowest BCUT2D eigenvalue weighted by Gasteiger charge is -2.13. The molecule has 10 heteroatoms. The molecule has 0 saturated heterocycles. The van der Waals surface area contributed by atoms with Gasteiger partial charge in [-0.25, -0.2) is 8.42 Å². The van der Waals surface area contributed by atoms with Gasteiger partial charge in [0.2, 0.25) is 15.9 Å². The number of aryl methyl sites for hydroxylation is 2. The third-order valence-electron chi connectivity index (χ3n) is 4.94. The van der Waals surface area contributed by atoms with Gasteiger partial charge in [-0.15, -0.1) is 0 Å². The van der Waals surface area contributed by atoms with Crippen LogP contribution in [0.15, 0.2) is 48.5 Å². The molecule has 1 aromatic heterocycles. The summed E-state index contributed by atoms with van der Waals surface area (Å²) in [4.78, 5) is 11.9. The summed E-state index contributed by atoms with van der Waals surface area (Å²) < 4.78 is 32.9. The number of aromatic nitrogens is 2. The van der Waals surface area contributed by atoms with E-state index in [1.165, 1.54) is 6.92 Å². The van der Waals surface area contributed by atoms with Crippen LogP contribution in [0.25, 0.3) is 0 Å². The van der Waals surface area contributed by atoms with Crippen LogP contribution in [0, 0.1) is 6.92 Å². The normalized spacial score (nSPS) is 11.4. The first kappa shape index (κ1) is 25.1. The molecule has 2 aromatic carbocycles. The van der Waals surface area contributed by atoms with E-state index >= 15 is 0 Å². The number of rotatable bonds is 10. The molecule has 7 nitrogen and oxygen atoms in total. The minimum Gasteiger partial charge on any atom is -0.489 e. The number of sulfonamides is 1. The predicted molar refractivity (Wildman–Crippen MR) is 129 cm³/mol. The number of halogens is 2. The maximum Gasteiger partial charge on any atom is 0.234 e. The molecule has 0 bridgehead atoms. The smallest absolute Gasteiger partial charge is 0.234 e. The van der Waals surface area contributed by atoms with E-state index in [-0.39, 0.29) is 12.2 Å². The Labute approximate surface area is 203 Å². The Balaban J connectivity index is 1.67. The fraction of sp³-hybridized carbons (Fsp3) is 0.304. The molecule has 0 fully saturated rings. The summed E-state index contributed by atoms with van der Waals surface area (Å²) in [6.45, 7) is 4.20. The molecule has 0 aliphatic carbocycles. The molecule has 33 heavy (non-hydrogen) atoms. The molecule has 1 heterocycles. The lowest BCUT2D eigenvalue weighted by Crippen LogP contribution is -2.31. The third kappa shape index (κ3) is 7.48. The number of benzene rings is 2. The van der Waals surface area contributed by atoms with Crippen molar-refractivity contribution in [3.05, 3.63) is 81.1 Å². The molecule has 3 rings (SSSR count). The molecular formula is C23H25Cl2N3O4S. The Morgan fingerprint density at radius 3 is 2.48 bits per heavy atom. The fourth-order valence-electron chi connectivity index (χ4n) is 3.11. The predicted octanol–water partition coefficient (Wildman–Crippen LogP) is 4.52. The zero-order valence-corrected chi connectivity index (χ0v) is 20.7. The molecule has 0 unspecified atom stereocenters. The van der Waals surface area contributed by atoms with E-state index < -0.39 is 15.9 Å². The summed E-state index contributed by atoms with van der Waals surface area (Å²) in [5.74, 6) is 0.000808. The van der Waals surface area contributed by atoms with Gasteiger partial charge in [-0.3, -0.25) is 14.2 Å². The van der Waals surface area contributed by atoms with Crippen LogP contribution >= 0.6 is 23.2 Å². The highest BCUT2D eigenvalue weighted by atomic mass is 35.5. The minimum absolute atomic E-state index is 0.0301. The molecule has 0 saturated carbocycles. The number of hydrogen-bond donors (Lipinski definition) is 1. The largest absolute Gasteiger partial charge is 0.489 e. The van der Waals surface area contributed by atoms with Gasteiger partial charge in [0, 0.05) is 34.1 Å². The summed E-state index contributed by atoms with van der Waals surface area (Å²) >= 11 is 12.2. The molecule has 0 spiro atoms. The molecule has 176 valence electrons. The van der Waals surface area contributed by atoms with Crippen molar-refractivity contribution in [3.8, 4) is 5.75 Å². The van der Waals surface area contributed by atoms with Crippen molar-refractivity contribution in [3.63, 3.8) is 0 Å². The van der Waals surface area contributed by atoms with Crippen molar-refractivity contribution in [2.45, 2.75) is 39.8 Å². The number of hydrogen-bond acceptors (Lipinski definition) is 5. The maximum absolute atomic E-state index is 11.9. The summed E-state index contributed by atoms with van der Waals surface area (Å²) in [5.41, 5.74) is 3.44. The number of carbonyl (C=O) groups excluding carboxylic acids is 1. The second kappa shape index (κ2) is 11.0. The first-order chi connectivity index (χ1) is 15.6. The molecule has 0 aliphatic rings. The monoisotopic (exact) mass is 509 g/mol. The molecule has 1 N–H and O–H groups in total. The number of amides is 1. The van der Waals surface area contributed by atoms with Crippen LogP contribution in [0.5, 0.6) is 5.75 Å². The van der Waals surface area contributed by atoms with Crippen molar-refractivity contribution in [1.29, 1.82) is 0 Å². The summed E-state index contributed by atoms with van der Waals surface area (Å²) in [7, 11) is -3.56. The minimum atomic E-state index is -3.56. The van der Waals surface area contributed by atoms with Crippen molar-refractivity contribution < 1.29 is 17.9 Å². The van der Waals surface area contributed by atoms with Gasteiger partial charge in [0.15, 0.2) is 0 Å². The zero-order valence-electron chi connectivity index (χ0n) is 18.3. The van der Waals surface area contributed by atoms with Crippen molar-refractivity contribution in [2.75, 3.05) is 5.75 Å². The van der Waals surface area contributed by atoms with Crippen LogP contribution in [0.1, 0.15) is 35.9 Å². The number of nitrogens with one attached hydrogen (secondary N) is 1. The number of nitrogens with zero attached hydrogens (tertiary/aromatic N) is 2. The second-order valence-corrected chi connectivity index (χ2v) is 10.4. The van der Waals surface area contributed by atoms with E-state index in [1.54, 1.807) is 10.7 Å². The summed E-state index contributed by atoms with van der Waals surface area (Å²) in [6.07, 6.45) is 0.358. The van der Waals surface area contributed by atoms with Crippen LogP contribution in [0.4, 0.5) is 0 Å². The topological polar surface area (TPSA) is 90.3 Å². The first-order valence-electron chi connectivity index (χ1n) is 10.4. The van der Waals surface area contributed by atoms with Crippen LogP contribution in [0.3, 0.4) is 0 Å². The molecule has 0 atom stereocenters. The highest BCUT2D eigenvalue weighted by Gasteiger charge is 2.14. The second-order valence-electron chi connectivity index (χ2n) is 7.53. The van der Waals surface area contributed by atoms with E-state index in [1.807, 2.05) is 54.1 Å². The lowest BCUT2D eigenvalue weighted by atomic mass is 10.2. The van der Waals surface area contributed by atoms with Crippen LogP contribution in [-0.4, -0.2) is 29.9 Å². The Hall–Kier alpha value is -2.55. The van der Waals surface area contributed by atoms with Crippen molar-refractivity contribution in [2.24, 2.45) is 0 Å². The first-order valence-corrected chi connectivity index (χ1v) is 12.8. The lowest BCUT2D eigenvalue weighted by molar-refractivity contribution is -0.119. The van der Waals surface area contributed by atoms with Gasteiger partial charge in [-0.1, -0.05) is 35.3 Å². The molecule has 0 aliphatic heterocycles. The Kier molecular flexibility index (Phi) is 8.40. The van der Waals surface area contributed by atoms with Gasteiger partial charge in [0.05, 0.1) is 18.0 Å². The molecular weight excluding hydrogens is 485 g/mol. The molecule has 1 amide bonds. The van der Waals surface area contributed by atoms with E-state index in [0.29, 0.717) is 41.1 Å². The third-order valence-corrected chi connectivity index (χ3v) is 6.73. The Morgan fingerprint density at radius 1 is 1.09 bits per heavy atom. The quantitative estimate of drug-likeness (QED) is 0.433. The number of carbonyl (C=O) groups is 1. The van der Waals surface area contributed by atoms with E-state index in [2.05, 4.69) is 5.10 Å². The maximum atomic E-state index is 11.9. The Morgan fingerprint density at radius 2 is 1.79 bits per heavy atom. The van der Waals surface area contributed by atoms with Gasteiger partial charge >= 0.3 is 0 Å². The van der Waals surface area contributed by atoms with Gasteiger partial charge in [-0.05, 0) is 55.8 Å². The average molecular weight is 510 g/mol. The van der Waals surface area contributed by atoms with Crippen LogP contribution < -0.4 is 9.46 Å². The zero-order chi connectivity index (χ0) is 24.0. The van der Waals surface area contributed by atoms with E-state index in [9.17, 15) is 13.2 Å². The summed E-state index contributed by atoms with van der Waals surface area (Å²) in [5, 5.41) is 5.82. The molecule has 3 aromatic rings.